The van der Waals surface area contributed by atoms with Crippen LogP contribution in [0.2, 0.25) is 5.02 Å². The molecule has 28 heavy (non-hydrogen) atoms. The first-order chi connectivity index (χ1) is 13.6. The van der Waals surface area contributed by atoms with Crippen molar-refractivity contribution in [2.45, 2.75) is 6.54 Å². The summed E-state index contributed by atoms with van der Waals surface area (Å²) in [5, 5.41) is 3.20. The molecule has 3 aromatic carbocycles. The minimum Gasteiger partial charge on any atom is -0.481 e. The number of amides is 2. The van der Waals surface area contributed by atoms with Crippen LogP contribution >= 0.6 is 11.6 Å². The van der Waals surface area contributed by atoms with Crippen LogP contribution in [0.3, 0.4) is 0 Å². The Hall–Kier alpha value is -3.31. The summed E-state index contributed by atoms with van der Waals surface area (Å²) in [5.74, 6) is 0.135. The molecule has 0 radical (unpaired) electrons. The molecular weight excluding hydrogens is 376 g/mol. The summed E-state index contributed by atoms with van der Waals surface area (Å²) in [4.78, 5) is 26.5. The summed E-state index contributed by atoms with van der Waals surface area (Å²) in [6.45, 7) is 0.420. The number of hydrogen-bond donors (Lipinski definition) is 1. The van der Waals surface area contributed by atoms with Crippen LogP contribution in [-0.2, 0) is 11.3 Å². The smallest absolute Gasteiger partial charge is 0.265 e. The number of benzene rings is 3. The second kappa shape index (κ2) is 7.74. The zero-order valence-corrected chi connectivity index (χ0v) is 15.6. The van der Waals surface area contributed by atoms with Gasteiger partial charge >= 0.3 is 0 Å². The summed E-state index contributed by atoms with van der Waals surface area (Å²) >= 11 is 6.08. The van der Waals surface area contributed by atoms with Crippen LogP contribution in [0, 0.1) is 0 Å². The topological polar surface area (TPSA) is 58.6 Å². The maximum Gasteiger partial charge on any atom is 0.265 e. The fourth-order valence-corrected chi connectivity index (χ4v) is 3.29. The van der Waals surface area contributed by atoms with Gasteiger partial charge < -0.3 is 15.0 Å². The van der Waals surface area contributed by atoms with E-state index in [0.717, 1.165) is 5.56 Å². The van der Waals surface area contributed by atoms with Crippen LogP contribution in [0.25, 0.3) is 0 Å². The Balaban J connectivity index is 1.57. The number of nitrogens with zero attached hydrogens (tertiary/aromatic N) is 1. The van der Waals surface area contributed by atoms with Gasteiger partial charge in [0, 0.05) is 11.8 Å². The number of rotatable bonds is 4. The lowest BCUT2D eigenvalue weighted by atomic mass is 10.1. The van der Waals surface area contributed by atoms with Crippen molar-refractivity contribution in [3.8, 4) is 5.75 Å². The zero-order valence-electron chi connectivity index (χ0n) is 14.9. The van der Waals surface area contributed by atoms with Crippen molar-refractivity contribution in [2.24, 2.45) is 0 Å². The Bertz CT molecular complexity index is 1040. The van der Waals surface area contributed by atoms with Gasteiger partial charge in [-0.2, -0.15) is 0 Å². The van der Waals surface area contributed by atoms with Gasteiger partial charge in [-0.1, -0.05) is 54.1 Å². The predicted octanol–water partition coefficient (Wildman–Crippen LogP) is 4.52. The first kappa shape index (κ1) is 18.1. The molecule has 0 bridgehead atoms. The van der Waals surface area contributed by atoms with Crippen molar-refractivity contribution in [3.63, 3.8) is 0 Å². The minimum atomic E-state index is -0.307. The van der Waals surface area contributed by atoms with Crippen LogP contribution < -0.4 is 15.0 Å². The van der Waals surface area contributed by atoms with E-state index in [0.29, 0.717) is 34.3 Å². The van der Waals surface area contributed by atoms with Crippen molar-refractivity contribution >= 4 is 34.8 Å². The highest BCUT2D eigenvalue weighted by molar-refractivity contribution is 6.34. The average molecular weight is 393 g/mol. The Morgan fingerprint density at radius 1 is 1.04 bits per heavy atom. The first-order valence-electron chi connectivity index (χ1n) is 8.79. The van der Waals surface area contributed by atoms with Crippen LogP contribution in [0.4, 0.5) is 11.4 Å². The maximum absolute atomic E-state index is 12.5. The molecule has 140 valence electrons. The first-order valence-corrected chi connectivity index (χ1v) is 9.16. The zero-order chi connectivity index (χ0) is 19.5. The lowest BCUT2D eigenvalue weighted by molar-refractivity contribution is -0.121. The van der Waals surface area contributed by atoms with Gasteiger partial charge in [0.1, 0.15) is 5.75 Å². The van der Waals surface area contributed by atoms with Crippen LogP contribution in [0.15, 0.2) is 72.8 Å². The number of hydrogen-bond acceptors (Lipinski definition) is 3. The molecule has 0 atom stereocenters. The van der Waals surface area contributed by atoms with E-state index in [1.54, 1.807) is 47.4 Å². The SMILES string of the molecule is O=C(Nc1ccc2c(c1)OCC(=O)N2Cc1ccccc1)c1ccccc1Cl. The number of halogens is 1. The Labute approximate surface area is 167 Å². The summed E-state index contributed by atoms with van der Waals surface area (Å²) in [6.07, 6.45) is 0. The van der Waals surface area contributed by atoms with Gasteiger partial charge in [-0.05, 0) is 29.8 Å². The molecule has 0 aromatic heterocycles. The molecule has 4 rings (SSSR count). The standard InChI is InChI=1S/C22H17ClN2O3/c23-18-9-5-4-8-17(18)22(27)24-16-10-11-19-20(12-16)28-14-21(26)25(19)13-15-6-2-1-3-7-15/h1-12H,13-14H2,(H,24,27). The molecule has 1 N–H and O–H groups in total. The van der Waals surface area contributed by atoms with Crippen molar-refractivity contribution in [1.82, 2.24) is 0 Å². The molecular formula is C22H17ClN2O3. The third kappa shape index (κ3) is 3.70. The number of carbonyl (C=O) groups excluding carboxylic acids is 2. The van der Waals surface area contributed by atoms with Gasteiger partial charge in [0.2, 0.25) is 0 Å². The van der Waals surface area contributed by atoms with E-state index in [1.165, 1.54) is 0 Å². The highest BCUT2D eigenvalue weighted by Crippen LogP contribution is 2.35. The van der Waals surface area contributed by atoms with E-state index >= 15 is 0 Å². The number of carbonyl (C=O) groups is 2. The van der Waals surface area contributed by atoms with Crippen LogP contribution in [-0.4, -0.2) is 18.4 Å². The fraction of sp³-hybridized carbons (Fsp3) is 0.0909. The highest BCUT2D eigenvalue weighted by atomic mass is 35.5. The average Bonchev–Trinajstić information content (AvgIpc) is 2.71. The molecule has 3 aromatic rings. The van der Waals surface area contributed by atoms with Crippen molar-refractivity contribution in [1.29, 1.82) is 0 Å². The number of nitrogens with one attached hydrogen (secondary N) is 1. The van der Waals surface area contributed by atoms with Crippen molar-refractivity contribution in [3.05, 3.63) is 88.9 Å². The molecule has 0 fully saturated rings. The number of anilines is 2. The predicted molar refractivity (Wildman–Crippen MR) is 109 cm³/mol. The Morgan fingerprint density at radius 2 is 1.79 bits per heavy atom. The molecule has 5 nitrogen and oxygen atoms in total. The summed E-state index contributed by atoms with van der Waals surface area (Å²) in [7, 11) is 0. The third-order valence-corrected chi connectivity index (χ3v) is 4.79. The van der Waals surface area contributed by atoms with E-state index < -0.39 is 0 Å². The van der Waals surface area contributed by atoms with Gasteiger partial charge in [-0.15, -0.1) is 0 Å². The quantitative estimate of drug-likeness (QED) is 0.710. The molecule has 1 aliphatic rings. The second-order valence-corrected chi connectivity index (χ2v) is 6.78. The van der Waals surface area contributed by atoms with Gasteiger partial charge in [0.05, 0.1) is 22.8 Å². The van der Waals surface area contributed by atoms with Gasteiger partial charge in [-0.3, -0.25) is 9.59 Å². The summed E-state index contributed by atoms with van der Waals surface area (Å²) in [5.41, 5.74) is 2.66. The molecule has 0 aliphatic carbocycles. The van der Waals surface area contributed by atoms with E-state index in [-0.39, 0.29) is 18.4 Å². The van der Waals surface area contributed by atoms with Crippen molar-refractivity contribution in [2.75, 3.05) is 16.8 Å². The molecule has 0 saturated heterocycles. The Kier molecular flexibility index (Phi) is 5.00. The second-order valence-electron chi connectivity index (χ2n) is 6.37. The molecule has 6 heteroatoms. The molecule has 1 aliphatic heterocycles. The Morgan fingerprint density at radius 3 is 2.57 bits per heavy atom. The van der Waals surface area contributed by atoms with Gasteiger partial charge in [-0.25, -0.2) is 0 Å². The third-order valence-electron chi connectivity index (χ3n) is 4.46. The lowest BCUT2D eigenvalue weighted by Gasteiger charge is -2.29. The van der Waals surface area contributed by atoms with Gasteiger partial charge in [0.15, 0.2) is 6.61 Å². The summed E-state index contributed by atoms with van der Waals surface area (Å²) in [6, 6.07) is 21.8. The minimum absolute atomic E-state index is 0.0399. The molecule has 0 spiro atoms. The van der Waals surface area contributed by atoms with Crippen molar-refractivity contribution < 1.29 is 14.3 Å². The van der Waals surface area contributed by atoms with E-state index in [4.69, 9.17) is 16.3 Å². The van der Waals surface area contributed by atoms with E-state index in [9.17, 15) is 9.59 Å². The molecule has 1 heterocycles. The van der Waals surface area contributed by atoms with Crippen LogP contribution in [0.5, 0.6) is 5.75 Å². The lowest BCUT2D eigenvalue weighted by Crippen LogP contribution is -2.38. The molecule has 2 amide bonds. The molecule has 0 unspecified atom stereocenters. The monoisotopic (exact) mass is 392 g/mol. The number of fused-ring (bicyclic) bond motifs is 1. The van der Waals surface area contributed by atoms with Gasteiger partial charge in [0.25, 0.3) is 11.8 Å². The largest absolute Gasteiger partial charge is 0.481 e. The maximum atomic E-state index is 12.5. The van der Waals surface area contributed by atoms with E-state index in [2.05, 4.69) is 5.32 Å². The normalized spacial score (nSPS) is 12.9. The highest BCUT2D eigenvalue weighted by Gasteiger charge is 2.26. The number of ether oxygens (including phenoxy) is 1. The summed E-state index contributed by atoms with van der Waals surface area (Å²) < 4.78 is 5.59. The molecule has 0 saturated carbocycles. The van der Waals surface area contributed by atoms with E-state index in [1.807, 2.05) is 30.3 Å². The fourth-order valence-electron chi connectivity index (χ4n) is 3.07. The van der Waals surface area contributed by atoms with Crippen LogP contribution in [0.1, 0.15) is 15.9 Å².